The number of rotatable bonds is 3. The summed E-state index contributed by atoms with van der Waals surface area (Å²) in [7, 11) is 0. The highest BCUT2D eigenvalue weighted by Gasteiger charge is 2.38. The highest BCUT2D eigenvalue weighted by molar-refractivity contribution is 4.91. The van der Waals surface area contributed by atoms with Crippen LogP contribution in [-0.2, 0) is 4.74 Å². The number of aliphatic hydroxyl groups is 1. The lowest BCUT2D eigenvalue weighted by Gasteiger charge is -2.47. The quantitative estimate of drug-likeness (QED) is 0.840. The second-order valence-electron chi connectivity index (χ2n) is 6.12. The summed E-state index contributed by atoms with van der Waals surface area (Å²) in [5, 5.41) is 10.4. The molecule has 1 aliphatic carbocycles. The van der Waals surface area contributed by atoms with Crippen LogP contribution in [0.5, 0.6) is 0 Å². The van der Waals surface area contributed by atoms with Crippen molar-refractivity contribution < 1.29 is 9.84 Å². The van der Waals surface area contributed by atoms with E-state index >= 15 is 0 Å². The molecule has 0 spiro atoms. The van der Waals surface area contributed by atoms with E-state index in [4.69, 9.17) is 4.74 Å². The molecule has 0 aromatic heterocycles. The van der Waals surface area contributed by atoms with E-state index in [0.29, 0.717) is 18.2 Å². The van der Waals surface area contributed by atoms with Gasteiger partial charge in [-0.25, -0.2) is 0 Å². The van der Waals surface area contributed by atoms with Gasteiger partial charge in [0.2, 0.25) is 0 Å². The summed E-state index contributed by atoms with van der Waals surface area (Å²) in [4.78, 5) is 2.54. The van der Waals surface area contributed by atoms with Crippen molar-refractivity contribution in [3.63, 3.8) is 0 Å². The zero-order valence-corrected chi connectivity index (χ0v) is 12.1. The predicted octanol–water partition coefficient (Wildman–Crippen LogP) is 2.43. The molecule has 0 amide bonds. The minimum atomic E-state index is -0.132. The smallest absolute Gasteiger partial charge is 0.0695 e. The van der Waals surface area contributed by atoms with Crippen LogP contribution in [0.15, 0.2) is 0 Å². The molecule has 3 nitrogen and oxygen atoms in total. The second kappa shape index (κ2) is 6.36. The first-order valence-electron chi connectivity index (χ1n) is 7.71. The number of hydrogen-bond acceptors (Lipinski definition) is 3. The minimum absolute atomic E-state index is 0.132. The molecule has 5 unspecified atom stereocenters. The molecule has 1 saturated heterocycles. The summed E-state index contributed by atoms with van der Waals surface area (Å²) in [6.45, 7) is 8.46. The molecule has 1 saturated carbocycles. The van der Waals surface area contributed by atoms with E-state index in [9.17, 15) is 5.11 Å². The van der Waals surface area contributed by atoms with Gasteiger partial charge in [0, 0.05) is 18.6 Å². The second-order valence-corrected chi connectivity index (χ2v) is 6.12. The van der Waals surface area contributed by atoms with Crippen molar-refractivity contribution in [2.75, 3.05) is 13.2 Å². The van der Waals surface area contributed by atoms with Crippen LogP contribution >= 0.6 is 0 Å². The van der Waals surface area contributed by atoms with E-state index < -0.39 is 0 Å². The third kappa shape index (κ3) is 3.06. The number of aliphatic hydroxyl groups excluding tert-OH is 1. The normalized spacial score (nSPS) is 43.0. The molecule has 2 fully saturated rings. The maximum atomic E-state index is 10.4. The average molecular weight is 255 g/mol. The molecule has 0 aromatic carbocycles. The Bertz CT molecular complexity index is 259. The van der Waals surface area contributed by atoms with E-state index in [-0.39, 0.29) is 6.10 Å². The van der Waals surface area contributed by atoms with Crippen LogP contribution in [0.25, 0.3) is 0 Å². The largest absolute Gasteiger partial charge is 0.391 e. The third-order valence-electron chi connectivity index (χ3n) is 4.87. The van der Waals surface area contributed by atoms with Gasteiger partial charge in [0.15, 0.2) is 0 Å². The lowest BCUT2D eigenvalue weighted by molar-refractivity contribution is -0.105. The lowest BCUT2D eigenvalue weighted by Crippen LogP contribution is -2.58. The van der Waals surface area contributed by atoms with Crippen molar-refractivity contribution in [3.8, 4) is 0 Å². The predicted molar refractivity (Wildman–Crippen MR) is 73.6 cm³/mol. The Morgan fingerprint density at radius 3 is 2.67 bits per heavy atom. The number of morpholine rings is 1. The Balaban J connectivity index is 2.05. The van der Waals surface area contributed by atoms with Crippen molar-refractivity contribution in [2.24, 2.45) is 5.92 Å². The van der Waals surface area contributed by atoms with Gasteiger partial charge in [-0.3, -0.25) is 4.90 Å². The number of nitrogens with zero attached hydrogens (tertiary/aromatic N) is 1. The fourth-order valence-corrected chi connectivity index (χ4v) is 3.57. The Hall–Kier alpha value is -0.120. The van der Waals surface area contributed by atoms with Crippen molar-refractivity contribution in [3.05, 3.63) is 0 Å². The fourth-order valence-electron chi connectivity index (χ4n) is 3.57. The van der Waals surface area contributed by atoms with E-state index in [1.54, 1.807) is 0 Å². The maximum absolute atomic E-state index is 10.4. The standard InChI is InChI=1S/C15H29NO2/c1-4-12-6-7-15(17)14(8-12)16-9-11(3)18-10-13(16)5-2/h11-15,17H,4-10H2,1-3H3. The molecule has 0 bridgehead atoms. The van der Waals surface area contributed by atoms with Crippen LogP contribution in [-0.4, -0.2) is 47.4 Å². The molecule has 1 heterocycles. The summed E-state index contributed by atoms with van der Waals surface area (Å²) in [6, 6.07) is 0.858. The van der Waals surface area contributed by atoms with Gasteiger partial charge in [0.05, 0.1) is 18.8 Å². The number of hydrogen-bond donors (Lipinski definition) is 1. The van der Waals surface area contributed by atoms with Gasteiger partial charge in [-0.1, -0.05) is 20.3 Å². The zero-order valence-electron chi connectivity index (χ0n) is 12.1. The monoisotopic (exact) mass is 255 g/mol. The summed E-state index contributed by atoms with van der Waals surface area (Å²) < 4.78 is 5.77. The molecular formula is C15H29NO2. The Morgan fingerprint density at radius 1 is 1.22 bits per heavy atom. The van der Waals surface area contributed by atoms with E-state index in [2.05, 4.69) is 25.7 Å². The van der Waals surface area contributed by atoms with Crippen LogP contribution in [0.2, 0.25) is 0 Å². The third-order valence-corrected chi connectivity index (χ3v) is 4.87. The molecule has 2 rings (SSSR count). The maximum Gasteiger partial charge on any atom is 0.0695 e. The Labute approximate surface area is 112 Å². The van der Waals surface area contributed by atoms with Crippen LogP contribution in [0.3, 0.4) is 0 Å². The van der Waals surface area contributed by atoms with Gasteiger partial charge in [-0.05, 0) is 38.5 Å². The van der Waals surface area contributed by atoms with Crippen LogP contribution in [0, 0.1) is 5.92 Å². The van der Waals surface area contributed by atoms with Gasteiger partial charge in [0.25, 0.3) is 0 Å². The lowest BCUT2D eigenvalue weighted by atomic mass is 9.81. The molecule has 5 atom stereocenters. The molecular weight excluding hydrogens is 226 g/mol. The summed E-state index contributed by atoms with van der Waals surface area (Å²) in [6.07, 6.45) is 5.89. The summed E-state index contributed by atoms with van der Waals surface area (Å²) in [5.41, 5.74) is 0. The summed E-state index contributed by atoms with van der Waals surface area (Å²) in [5.74, 6) is 0.800. The SMILES string of the molecule is CCC1CCC(O)C(N2CC(C)OCC2CC)C1. The van der Waals surface area contributed by atoms with Gasteiger partial charge >= 0.3 is 0 Å². The molecule has 0 aromatic rings. The molecule has 1 N–H and O–H groups in total. The van der Waals surface area contributed by atoms with Gasteiger partial charge in [-0.2, -0.15) is 0 Å². The topological polar surface area (TPSA) is 32.7 Å². The first-order valence-corrected chi connectivity index (χ1v) is 7.71. The van der Waals surface area contributed by atoms with Crippen LogP contribution in [0.1, 0.15) is 52.9 Å². The van der Waals surface area contributed by atoms with E-state index in [0.717, 1.165) is 31.9 Å². The van der Waals surface area contributed by atoms with Crippen molar-refractivity contribution in [1.29, 1.82) is 0 Å². The average Bonchev–Trinajstić information content (AvgIpc) is 2.39. The zero-order chi connectivity index (χ0) is 13.1. The van der Waals surface area contributed by atoms with Gasteiger partial charge in [0.1, 0.15) is 0 Å². The Kier molecular flexibility index (Phi) is 5.05. The molecule has 18 heavy (non-hydrogen) atoms. The number of ether oxygens (including phenoxy) is 1. The first kappa shape index (κ1) is 14.3. The Morgan fingerprint density at radius 2 is 2.00 bits per heavy atom. The van der Waals surface area contributed by atoms with E-state index in [1.807, 2.05) is 0 Å². The van der Waals surface area contributed by atoms with Gasteiger partial charge < -0.3 is 9.84 Å². The van der Waals surface area contributed by atoms with Crippen LogP contribution < -0.4 is 0 Å². The highest BCUT2D eigenvalue weighted by Crippen LogP contribution is 2.32. The highest BCUT2D eigenvalue weighted by atomic mass is 16.5. The van der Waals surface area contributed by atoms with Crippen molar-refractivity contribution >= 4 is 0 Å². The molecule has 1 aliphatic heterocycles. The van der Waals surface area contributed by atoms with E-state index in [1.165, 1.54) is 19.3 Å². The molecule has 2 aliphatic rings. The van der Waals surface area contributed by atoms with Gasteiger partial charge in [-0.15, -0.1) is 0 Å². The summed E-state index contributed by atoms with van der Waals surface area (Å²) >= 11 is 0. The first-order chi connectivity index (χ1) is 8.65. The fraction of sp³-hybridized carbons (Fsp3) is 1.00. The molecule has 0 radical (unpaired) electrons. The van der Waals surface area contributed by atoms with Crippen LogP contribution in [0.4, 0.5) is 0 Å². The van der Waals surface area contributed by atoms with Crippen molar-refractivity contribution in [2.45, 2.75) is 77.2 Å². The van der Waals surface area contributed by atoms with Crippen molar-refractivity contribution in [1.82, 2.24) is 4.90 Å². The molecule has 106 valence electrons. The minimum Gasteiger partial charge on any atom is -0.391 e. The molecule has 3 heteroatoms.